The smallest absolute Gasteiger partial charge is 0.122 e. The Kier molecular flexibility index (Phi) is 4.45. The molecule has 1 saturated heterocycles. The number of thiocarbonyl (C=S) groups is 1. The van der Waals surface area contributed by atoms with Crippen LogP contribution in [0.25, 0.3) is 0 Å². The molecule has 0 aromatic carbocycles. The molecule has 1 fully saturated rings. The van der Waals surface area contributed by atoms with Crippen molar-refractivity contribution in [3.63, 3.8) is 0 Å². The van der Waals surface area contributed by atoms with Crippen molar-refractivity contribution in [1.82, 2.24) is 10.3 Å². The molecule has 1 aliphatic rings. The lowest BCUT2D eigenvalue weighted by Gasteiger charge is -2.37. The van der Waals surface area contributed by atoms with Crippen molar-refractivity contribution in [2.75, 3.05) is 12.3 Å². The molecule has 2 rings (SSSR count). The molecule has 0 unspecified atom stereocenters. The molecule has 5 heteroatoms. The molecule has 2 heterocycles. The van der Waals surface area contributed by atoms with E-state index in [0.29, 0.717) is 4.99 Å². The molecule has 0 aliphatic carbocycles. The SMILES string of the molecule is CCNC(=S)[C@]1(c2cccnc2)CCCC[S@@]1=O. The maximum absolute atomic E-state index is 12.6. The van der Waals surface area contributed by atoms with Gasteiger partial charge in [-0.2, -0.15) is 0 Å². The second-order valence-corrected chi connectivity index (χ2v) is 6.64. The van der Waals surface area contributed by atoms with Crippen molar-refractivity contribution in [3.8, 4) is 0 Å². The first kappa shape index (κ1) is 13.6. The second-order valence-electron chi connectivity index (χ2n) is 4.43. The predicted octanol–water partition coefficient (Wildman–Crippen LogP) is 2.15. The number of rotatable bonds is 3. The van der Waals surface area contributed by atoms with Gasteiger partial charge < -0.3 is 5.32 Å². The first-order valence-corrected chi connectivity index (χ1v) is 8.02. The fourth-order valence-corrected chi connectivity index (χ4v) is 4.92. The summed E-state index contributed by atoms with van der Waals surface area (Å²) >= 11 is 5.51. The van der Waals surface area contributed by atoms with Crippen molar-refractivity contribution in [3.05, 3.63) is 30.1 Å². The minimum Gasteiger partial charge on any atom is -0.378 e. The van der Waals surface area contributed by atoms with Gasteiger partial charge >= 0.3 is 0 Å². The molecule has 18 heavy (non-hydrogen) atoms. The van der Waals surface area contributed by atoms with Crippen LogP contribution in [0, 0.1) is 0 Å². The van der Waals surface area contributed by atoms with E-state index in [2.05, 4.69) is 10.3 Å². The number of pyridine rings is 1. The highest BCUT2D eigenvalue weighted by Gasteiger charge is 2.44. The Hall–Kier alpha value is -0.810. The first-order valence-electron chi connectivity index (χ1n) is 6.29. The number of aromatic nitrogens is 1. The molecule has 0 radical (unpaired) electrons. The van der Waals surface area contributed by atoms with Gasteiger partial charge in [0.25, 0.3) is 0 Å². The Labute approximate surface area is 116 Å². The van der Waals surface area contributed by atoms with Crippen LogP contribution in [-0.4, -0.2) is 26.5 Å². The average Bonchev–Trinajstić information content (AvgIpc) is 2.41. The molecule has 3 nitrogen and oxygen atoms in total. The molecule has 1 N–H and O–H groups in total. The van der Waals surface area contributed by atoms with Gasteiger partial charge in [-0.15, -0.1) is 0 Å². The third-order valence-electron chi connectivity index (χ3n) is 3.33. The molecule has 0 saturated carbocycles. The van der Waals surface area contributed by atoms with Crippen molar-refractivity contribution in [2.24, 2.45) is 0 Å². The van der Waals surface area contributed by atoms with Crippen LogP contribution < -0.4 is 5.32 Å². The van der Waals surface area contributed by atoms with Crippen molar-refractivity contribution in [1.29, 1.82) is 0 Å². The van der Waals surface area contributed by atoms with Gasteiger partial charge in [0, 0.05) is 35.5 Å². The molecular weight excluding hydrogens is 264 g/mol. The lowest BCUT2D eigenvalue weighted by atomic mass is 9.93. The predicted molar refractivity (Wildman–Crippen MR) is 79.1 cm³/mol. The lowest BCUT2D eigenvalue weighted by Crippen LogP contribution is -2.48. The first-order chi connectivity index (χ1) is 8.71. The van der Waals surface area contributed by atoms with E-state index in [1.807, 2.05) is 19.1 Å². The summed E-state index contributed by atoms with van der Waals surface area (Å²) in [4.78, 5) is 4.86. The normalized spacial score (nSPS) is 27.7. The van der Waals surface area contributed by atoms with Gasteiger partial charge in [0.05, 0.1) is 4.99 Å². The zero-order valence-corrected chi connectivity index (χ0v) is 12.1. The van der Waals surface area contributed by atoms with E-state index in [0.717, 1.165) is 37.1 Å². The van der Waals surface area contributed by atoms with Gasteiger partial charge in [0.1, 0.15) is 4.75 Å². The van der Waals surface area contributed by atoms with Gasteiger partial charge in [0.15, 0.2) is 0 Å². The van der Waals surface area contributed by atoms with Crippen LogP contribution in [0.15, 0.2) is 24.5 Å². The Bertz CT molecular complexity index is 450. The van der Waals surface area contributed by atoms with E-state index in [4.69, 9.17) is 12.2 Å². The Balaban J connectivity index is 2.45. The van der Waals surface area contributed by atoms with Crippen molar-refractivity contribution < 1.29 is 4.21 Å². The van der Waals surface area contributed by atoms with E-state index >= 15 is 0 Å². The number of likely N-dealkylation sites (N-methyl/N-ethyl adjacent to an activating group) is 1. The van der Waals surface area contributed by atoms with Crippen molar-refractivity contribution >= 4 is 28.0 Å². The Morgan fingerprint density at radius 2 is 2.44 bits per heavy atom. The molecule has 0 amide bonds. The molecule has 98 valence electrons. The van der Waals surface area contributed by atoms with E-state index < -0.39 is 15.5 Å². The summed E-state index contributed by atoms with van der Waals surface area (Å²) in [5.41, 5.74) is 0.981. The average molecular weight is 282 g/mol. The van der Waals surface area contributed by atoms with Gasteiger partial charge in [-0.3, -0.25) is 9.19 Å². The maximum Gasteiger partial charge on any atom is 0.122 e. The second kappa shape index (κ2) is 5.89. The number of nitrogens with zero attached hydrogens (tertiary/aromatic N) is 1. The molecule has 0 bridgehead atoms. The minimum absolute atomic E-state index is 0.530. The zero-order valence-electron chi connectivity index (χ0n) is 10.5. The van der Waals surface area contributed by atoms with E-state index in [1.54, 1.807) is 12.4 Å². The monoisotopic (exact) mass is 282 g/mol. The summed E-state index contributed by atoms with van der Waals surface area (Å²) in [5.74, 6) is 0.723. The Morgan fingerprint density at radius 1 is 1.61 bits per heavy atom. The fraction of sp³-hybridized carbons (Fsp3) is 0.538. The molecule has 1 aliphatic heterocycles. The van der Waals surface area contributed by atoms with Crippen LogP contribution >= 0.6 is 12.2 Å². The van der Waals surface area contributed by atoms with Gasteiger partial charge in [0.2, 0.25) is 0 Å². The molecule has 1 aromatic heterocycles. The number of hydrogen-bond acceptors (Lipinski definition) is 3. The highest BCUT2D eigenvalue weighted by atomic mass is 32.2. The molecule has 2 atom stereocenters. The van der Waals surface area contributed by atoms with Crippen LogP contribution in [0.2, 0.25) is 0 Å². The van der Waals surface area contributed by atoms with Gasteiger partial charge in [-0.1, -0.05) is 24.7 Å². The summed E-state index contributed by atoms with van der Waals surface area (Å²) in [7, 11) is -0.963. The van der Waals surface area contributed by atoms with Crippen LogP contribution in [0.3, 0.4) is 0 Å². The third-order valence-corrected chi connectivity index (χ3v) is 6.03. The van der Waals surface area contributed by atoms with E-state index in [1.165, 1.54) is 0 Å². The van der Waals surface area contributed by atoms with Crippen LogP contribution in [-0.2, 0) is 15.5 Å². The number of hydrogen-bond donors (Lipinski definition) is 1. The largest absolute Gasteiger partial charge is 0.378 e. The summed E-state index contributed by atoms with van der Waals surface area (Å²) in [6.45, 7) is 2.77. The van der Waals surface area contributed by atoms with E-state index in [9.17, 15) is 4.21 Å². The minimum atomic E-state index is -0.963. The molecule has 1 aromatic rings. The fourth-order valence-electron chi connectivity index (χ4n) is 2.42. The number of nitrogens with one attached hydrogen (secondary N) is 1. The summed E-state index contributed by atoms with van der Waals surface area (Å²) in [6.07, 6.45) is 6.46. The standard InChI is InChI=1S/C13H18N2OS2/c1-2-15-12(17)13(7-3-4-9-18(13)16)11-6-5-8-14-10-11/h5-6,8,10H,2-4,7,9H2,1H3,(H,15,17)/t13-,18+/m1/s1. The van der Waals surface area contributed by atoms with Crippen LogP contribution in [0.5, 0.6) is 0 Å². The highest BCUT2D eigenvalue weighted by molar-refractivity contribution is 7.90. The van der Waals surface area contributed by atoms with E-state index in [-0.39, 0.29) is 0 Å². The van der Waals surface area contributed by atoms with Gasteiger partial charge in [-0.05, 0) is 31.4 Å². The van der Waals surface area contributed by atoms with Crippen LogP contribution in [0.4, 0.5) is 0 Å². The summed E-state index contributed by atoms with van der Waals surface area (Å²) < 4.78 is 12.1. The lowest BCUT2D eigenvalue weighted by molar-refractivity contribution is 0.571. The zero-order chi connectivity index (χ0) is 13.0. The Morgan fingerprint density at radius 3 is 3.06 bits per heavy atom. The quantitative estimate of drug-likeness (QED) is 0.863. The topological polar surface area (TPSA) is 42.0 Å². The third kappa shape index (κ3) is 2.34. The maximum atomic E-state index is 12.6. The van der Waals surface area contributed by atoms with Crippen molar-refractivity contribution in [2.45, 2.75) is 30.9 Å². The van der Waals surface area contributed by atoms with Gasteiger partial charge in [-0.25, -0.2) is 0 Å². The molecular formula is C13H18N2OS2. The molecule has 0 spiro atoms. The summed E-state index contributed by atoms with van der Waals surface area (Å²) in [5, 5.41) is 3.20. The highest BCUT2D eigenvalue weighted by Crippen LogP contribution is 2.38. The van der Waals surface area contributed by atoms with Crippen LogP contribution in [0.1, 0.15) is 31.7 Å². The summed E-state index contributed by atoms with van der Waals surface area (Å²) in [6, 6.07) is 3.87.